The van der Waals surface area contributed by atoms with Crippen LogP contribution < -0.4 is 21.7 Å². The van der Waals surface area contributed by atoms with Gasteiger partial charge >= 0.3 is 0 Å². The van der Waals surface area contributed by atoms with Crippen LogP contribution in [0.15, 0.2) is 24.3 Å². The Morgan fingerprint density at radius 1 is 1.10 bits per heavy atom. The number of anilines is 3. The molecule has 0 unspecified atom stereocenters. The first-order valence-corrected chi connectivity index (χ1v) is 11.2. The molecule has 1 saturated carbocycles. The number of carbonyl (C=O) groups is 1. The Hall–Kier alpha value is -2.90. The minimum Gasteiger partial charge on any atom is -0.396 e. The van der Waals surface area contributed by atoms with Gasteiger partial charge in [0.25, 0.3) is 0 Å². The van der Waals surface area contributed by atoms with E-state index >= 15 is 0 Å². The molecule has 166 valence electrons. The van der Waals surface area contributed by atoms with Crippen molar-refractivity contribution in [1.29, 1.82) is 0 Å². The summed E-state index contributed by atoms with van der Waals surface area (Å²) in [4.78, 5) is 23.7. The van der Waals surface area contributed by atoms with Crippen molar-refractivity contribution in [3.8, 4) is 11.3 Å². The topological polar surface area (TPSA) is 110 Å². The molecule has 4 rings (SSSR count). The second-order valence-electron chi connectivity index (χ2n) is 8.83. The first-order valence-electron chi connectivity index (χ1n) is 11.2. The summed E-state index contributed by atoms with van der Waals surface area (Å²) in [5.74, 6) is 0.313. The Morgan fingerprint density at radius 3 is 2.61 bits per heavy atom. The summed E-state index contributed by atoms with van der Waals surface area (Å²) in [5, 5.41) is 3.26. The van der Waals surface area contributed by atoms with E-state index in [-0.39, 0.29) is 29.5 Å². The average Bonchev–Trinajstić information content (AvgIpc) is 2.76. The molecule has 1 saturated heterocycles. The van der Waals surface area contributed by atoms with Gasteiger partial charge in [-0.25, -0.2) is 9.37 Å². The molecule has 1 amide bonds. The predicted molar refractivity (Wildman–Crippen MR) is 121 cm³/mol. The number of aromatic nitrogens is 2. The van der Waals surface area contributed by atoms with Gasteiger partial charge in [-0.3, -0.25) is 4.79 Å². The number of benzene rings is 1. The molecule has 7 nitrogen and oxygen atoms in total. The minimum atomic E-state index is -0.498. The van der Waals surface area contributed by atoms with Gasteiger partial charge in [0, 0.05) is 30.3 Å². The van der Waals surface area contributed by atoms with E-state index in [1.807, 2.05) is 0 Å². The van der Waals surface area contributed by atoms with Gasteiger partial charge in [0.05, 0.1) is 17.3 Å². The molecule has 1 aromatic carbocycles. The van der Waals surface area contributed by atoms with Crippen molar-refractivity contribution in [2.45, 2.75) is 64.0 Å². The van der Waals surface area contributed by atoms with Crippen LogP contribution >= 0.6 is 0 Å². The standard InChI is InChI=1S/C23H31FN6O/c1-14-7-8-16(22(31)27-17-5-3-2-4-6-17)13-30(14)21-12-20(28-23(26)29-21)15-9-10-19(25)18(24)11-15/h9-12,14,16-17H,2-8,13,25H2,1H3,(H,27,31)(H2,26,28,29)/t14-,16+/m1/s1. The number of halogens is 1. The lowest BCUT2D eigenvalue weighted by Crippen LogP contribution is -2.49. The lowest BCUT2D eigenvalue weighted by Gasteiger charge is -2.39. The van der Waals surface area contributed by atoms with Gasteiger partial charge in [-0.05, 0) is 44.7 Å². The number of rotatable bonds is 4. The van der Waals surface area contributed by atoms with Gasteiger partial charge in [0.2, 0.25) is 11.9 Å². The fraction of sp³-hybridized carbons (Fsp3) is 0.522. The van der Waals surface area contributed by atoms with Crippen LogP contribution in [0.1, 0.15) is 51.9 Å². The summed E-state index contributed by atoms with van der Waals surface area (Å²) < 4.78 is 14.0. The quantitative estimate of drug-likeness (QED) is 0.646. The largest absolute Gasteiger partial charge is 0.396 e. The maximum absolute atomic E-state index is 14.0. The molecule has 2 aromatic rings. The van der Waals surface area contributed by atoms with E-state index in [0.29, 0.717) is 29.7 Å². The third-order valence-electron chi connectivity index (χ3n) is 6.52. The summed E-state index contributed by atoms with van der Waals surface area (Å²) in [6, 6.07) is 6.89. The summed E-state index contributed by atoms with van der Waals surface area (Å²) in [6.07, 6.45) is 7.52. The van der Waals surface area contributed by atoms with Crippen molar-refractivity contribution >= 4 is 23.4 Å². The van der Waals surface area contributed by atoms with Crippen molar-refractivity contribution in [1.82, 2.24) is 15.3 Å². The molecule has 0 radical (unpaired) electrons. The van der Waals surface area contributed by atoms with Crippen LogP contribution in [0.25, 0.3) is 11.3 Å². The number of nitrogens with zero attached hydrogens (tertiary/aromatic N) is 3. The molecule has 2 atom stereocenters. The van der Waals surface area contributed by atoms with Crippen LogP contribution in [0.2, 0.25) is 0 Å². The Labute approximate surface area is 182 Å². The van der Waals surface area contributed by atoms with Crippen LogP contribution in [0.5, 0.6) is 0 Å². The zero-order valence-corrected chi connectivity index (χ0v) is 18.0. The number of piperidine rings is 1. The fourth-order valence-corrected chi connectivity index (χ4v) is 4.64. The lowest BCUT2D eigenvalue weighted by atomic mass is 9.90. The highest BCUT2D eigenvalue weighted by molar-refractivity contribution is 5.80. The SMILES string of the molecule is C[C@@H]1CC[C@H](C(=O)NC2CCCCC2)CN1c1cc(-c2ccc(N)c(F)c2)nc(N)n1. The molecule has 2 heterocycles. The smallest absolute Gasteiger partial charge is 0.225 e. The Bertz CT molecular complexity index is 946. The van der Waals surface area contributed by atoms with Gasteiger partial charge in [0.1, 0.15) is 11.6 Å². The Morgan fingerprint density at radius 2 is 1.87 bits per heavy atom. The number of hydrogen-bond donors (Lipinski definition) is 3. The summed E-state index contributed by atoms with van der Waals surface area (Å²) in [7, 11) is 0. The Balaban J connectivity index is 1.53. The number of amides is 1. The van der Waals surface area contributed by atoms with Gasteiger partial charge in [0.15, 0.2) is 0 Å². The molecular formula is C23H31FN6O. The molecule has 2 aliphatic rings. The van der Waals surface area contributed by atoms with Crippen LogP contribution in [-0.2, 0) is 4.79 Å². The lowest BCUT2D eigenvalue weighted by molar-refractivity contribution is -0.126. The zero-order valence-electron chi connectivity index (χ0n) is 18.0. The highest BCUT2D eigenvalue weighted by Crippen LogP contribution is 2.31. The van der Waals surface area contributed by atoms with Crippen LogP contribution in [0.4, 0.5) is 21.8 Å². The molecule has 8 heteroatoms. The highest BCUT2D eigenvalue weighted by Gasteiger charge is 2.32. The highest BCUT2D eigenvalue weighted by atomic mass is 19.1. The Kier molecular flexibility index (Phi) is 6.25. The second-order valence-corrected chi connectivity index (χ2v) is 8.83. The van der Waals surface area contributed by atoms with Crippen molar-refractivity contribution in [3.63, 3.8) is 0 Å². The monoisotopic (exact) mass is 426 g/mol. The molecule has 0 bridgehead atoms. The second kappa shape index (κ2) is 9.08. The molecular weight excluding hydrogens is 395 g/mol. The van der Waals surface area contributed by atoms with E-state index in [9.17, 15) is 9.18 Å². The minimum absolute atomic E-state index is 0.0856. The van der Waals surface area contributed by atoms with E-state index in [1.165, 1.54) is 31.4 Å². The third kappa shape index (κ3) is 4.89. The number of nitrogens with one attached hydrogen (secondary N) is 1. The van der Waals surface area contributed by atoms with Crippen molar-refractivity contribution < 1.29 is 9.18 Å². The van der Waals surface area contributed by atoms with Gasteiger partial charge in [-0.2, -0.15) is 4.98 Å². The summed E-state index contributed by atoms with van der Waals surface area (Å²) >= 11 is 0. The van der Waals surface area contributed by atoms with Crippen molar-refractivity contribution in [2.24, 2.45) is 5.92 Å². The van der Waals surface area contributed by atoms with E-state index in [0.717, 1.165) is 25.7 Å². The molecule has 1 aliphatic carbocycles. The summed E-state index contributed by atoms with van der Waals surface area (Å²) in [6.45, 7) is 2.70. The van der Waals surface area contributed by atoms with E-state index in [4.69, 9.17) is 11.5 Å². The zero-order chi connectivity index (χ0) is 22.0. The van der Waals surface area contributed by atoms with Gasteiger partial charge in [-0.1, -0.05) is 25.3 Å². The molecule has 0 spiro atoms. The normalized spacial score (nSPS) is 22.3. The first kappa shape index (κ1) is 21.3. The van der Waals surface area contributed by atoms with Crippen LogP contribution in [-0.4, -0.2) is 34.5 Å². The van der Waals surface area contributed by atoms with E-state index in [2.05, 4.69) is 27.1 Å². The molecule has 1 aromatic heterocycles. The third-order valence-corrected chi connectivity index (χ3v) is 6.52. The average molecular weight is 427 g/mol. The van der Waals surface area contributed by atoms with Crippen LogP contribution in [0.3, 0.4) is 0 Å². The van der Waals surface area contributed by atoms with E-state index in [1.54, 1.807) is 12.1 Å². The molecule has 1 aliphatic heterocycles. The van der Waals surface area contributed by atoms with Crippen molar-refractivity contribution in [2.75, 3.05) is 22.9 Å². The number of hydrogen-bond acceptors (Lipinski definition) is 6. The first-order chi connectivity index (χ1) is 14.9. The predicted octanol–water partition coefficient (Wildman–Crippen LogP) is 3.50. The van der Waals surface area contributed by atoms with Crippen LogP contribution in [0, 0.1) is 11.7 Å². The fourth-order valence-electron chi connectivity index (χ4n) is 4.64. The number of nitrogens with two attached hydrogens (primary N) is 2. The number of nitrogen functional groups attached to an aromatic ring is 2. The van der Waals surface area contributed by atoms with Gasteiger partial charge < -0.3 is 21.7 Å². The van der Waals surface area contributed by atoms with Gasteiger partial charge in [-0.15, -0.1) is 0 Å². The molecule has 2 fully saturated rings. The maximum Gasteiger partial charge on any atom is 0.225 e. The molecule has 5 N–H and O–H groups in total. The number of carbonyl (C=O) groups excluding carboxylic acids is 1. The van der Waals surface area contributed by atoms with E-state index < -0.39 is 5.82 Å². The van der Waals surface area contributed by atoms with Crippen molar-refractivity contribution in [3.05, 3.63) is 30.1 Å². The summed E-state index contributed by atoms with van der Waals surface area (Å²) in [5.41, 5.74) is 12.8. The molecule has 31 heavy (non-hydrogen) atoms. The maximum atomic E-state index is 14.0.